The van der Waals surface area contributed by atoms with Crippen LogP contribution >= 0.6 is 31.9 Å². The Labute approximate surface area is 146 Å². The standard InChI is InChI=1S/C20H12Br2/c21-14-11-13-5-1-2-6-15(13)19(12-14)17-7-3-9-18-16(17)8-4-10-20(18)22/h1-12H. The minimum absolute atomic E-state index is 1.10. The van der Waals surface area contributed by atoms with Crippen LogP contribution in [0, 0.1) is 0 Å². The molecule has 0 spiro atoms. The molecule has 22 heavy (non-hydrogen) atoms. The SMILES string of the molecule is Brc1cc(-c2cccc3c(Br)cccc23)c2ccccc2c1. The molecule has 4 aromatic carbocycles. The van der Waals surface area contributed by atoms with E-state index in [-0.39, 0.29) is 0 Å². The van der Waals surface area contributed by atoms with Crippen molar-refractivity contribution in [2.24, 2.45) is 0 Å². The molecule has 0 fully saturated rings. The average Bonchev–Trinajstić information content (AvgIpc) is 2.54. The Balaban J connectivity index is 2.14. The monoisotopic (exact) mass is 410 g/mol. The molecule has 0 aliphatic rings. The summed E-state index contributed by atoms with van der Waals surface area (Å²) in [5.41, 5.74) is 2.52. The Bertz CT molecular complexity index is 1000. The maximum atomic E-state index is 3.66. The first kappa shape index (κ1) is 14.0. The molecule has 4 aromatic rings. The maximum absolute atomic E-state index is 3.66. The summed E-state index contributed by atoms with van der Waals surface area (Å²) in [6, 6.07) is 25.7. The average molecular weight is 412 g/mol. The van der Waals surface area contributed by atoms with Gasteiger partial charge in [-0.3, -0.25) is 0 Å². The third-order valence-electron chi connectivity index (χ3n) is 3.99. The highest BCUT2D eigenvalue weighted by Gasteiger charge is 2.09. The van der Waals surface area contributed by atoms with Crippen molar-refractivity contribution in [1.29, 1.82) is 0 Å². The van der Waals surface area contributed by atoms with Crippen LogP contribution in [0.3, 0.4) is 0 Å². The molecule has 4 rings (SSSR count). The number of benzene rings is 4. The van der Waals surface area contributed by atoms with Gasteiger partial charge in [-0.1, -0.05) is 86.5 Å². The highest BCUT2D eigenvalue weighted by molar-refractivity contribution is 9.11. The van der Waals surface area contributed by atoms with Gasteiger partial charge in [0.1, 0.15) is 0 Å². The predicted octanol–water partition coefficient (Wildman–Crippen LogP) is 7.19. The summed E-state index contributed by atoms with van der Waals surface area (Å²) < 4.78 is 2.24. The summed E-state index contributed by atoms with van der Waals surface area (Å²) in [7, 11) is 0. The Morgan fingerprint density at radius 1 is 0.545 bits per heavy atom. The van der Waals surface area contributed by atoms with Crippen molar-refractivity contribution >= 4 is 53.4 Å². The molecule has 0 N–H and O–H groups in total. The second kappa shape index (κ2) is 5.53. The number of hydrogen-bond acceptors (Lipinski definition) is 0. The van der Waals surface area contributed by atoms with E-state index in [0.717, 1.165) is 8.95 Å². The molecule has 0 bridgehead atoms. The summed E-state index contributed by atoms with van der Waals surface area (Å²) in [5, 5.41) is 5.03. The van der Waals surface area contributed by atoms with Gasteiger partial charge in [-0.25, -0.2) is 0 Å². The summed E-state index contributed by atoms with van der Waals surface area (Å²) in [5.74, 6) is 0. The fourth-order valence-electron chi connectivity index (χ4n) is 3.00. The van der Waals surface area contributed by atoms with Crippen LogP contribution in [0.2, 0.25) is 0 Å². The van der Waals surface area contributed by atoms with Gasteiger partial charge in [0.05, 0.1) is 0 Å². The summed E-state index contributed by atoms with van der Waals surface area (Å²) >= 11 is 7.31. The van der Waals surface area contributed by atoms with Gasteiger partial charge in [-0.05, 0) is 50.9 Å². The van der Waals surface area contributed by atoms with Gasteiger partial charge >= 0.3 is 0 Å². The number of rotatable bonds is 1. The summed E-state index contributed by atoms with van der Waals surface area (Å²) in [6.45, 7) is 0. The minimum Gasteiger partial charge on any atom is -0.0616 e. The maximum Gasteiger partial charge on any atom is 0.0253 e. The molecule has 0 unspecified atom stereocenters. The van der Waals surface area contributed by atoms with Crippen molar-refractivity contribution in [2.75, 3.05) is 0 Å². The Morgan fingerprint density at radius 2 is 1.27 bits per heavy atom. The Kier molecular flexibility index (Phi) is 3.51. The molecule has 2 heteroatoms. The zero-order chi connectivity index (χ0) is 15.1. The third-order valence-corrected chi connectivity index (χ3v) is 5.13. The van der Waals surface area contributed by atoms with Gasteiger partial charge in [0.15, 0.2) is 0 Å². The van der Waals surface area contributed by atoms with Gasteiger partial charge < -0.3 is 0 Å². The molecule has 0 saturated carbocycles. The molecule has 0 amide bonds. The highest BCUT2D eigenvalue weighted by Crippen LogP contribution is 2.37. The van der Waals surface area contributed by atoms with Crippen LogP contribution in [0.1, 0.15) is 0 Å². The van der Waals surface area contributed by atoms with E-state index in [9.17, 15) is 0 Å². The molecule has 0 heterocycles. The van der Waals surface area contributed by atoms with E-state index in [4.69, 9.17) is 0 Å². The highest BCUT2D eigenvalue weighted by atomic mass is 79.9. The molecule has 106 valence electrons. The van der Waals surface area contributed by atoms with Crippen LogP contribution in [-0.4, -0.2) is 0 Å². The first-order valence-corrected chi connectivity index (χ1v) is 8.68. The summed E-state index contributed by atoms with van der Waals surface area (Å²) in [4.78, 5) is 0. The van der Waals surface area contributed by atoms with Crippen molar-refractivity contribution in [1.82, 2.24) is 0 Å². The van der Waals surface area contributed by atoms with Crippen LogP contribution in [0.5, 0.6) is 0 Å². The lowest BCUT2D eigenvalue weighted by Gasteiger charge is -2.12. The molecule has 0 saturated heterocycles. The van der Waals surface area contributed by atoms with Crippen molar-refractivity contribution < 1.29 is 0 Å². The molecule has 0 nitrogen and oxygen atoms in total. The van der Waals surface area contributed by atoms with Gasteiger partial charge in [-0.2, -0.15) is 0 Å². The fraction of sp³-hybridized carbons (Fsp3) is 0. The van der Waals surface area contributed by atoms with Gasteiger partial charge in [0.2, 0.25) is 0 Å². The van der Waals surface area contributed by atoms with Crippen LogP contribution in [0.25, 0.3) is 32.7 Å². The van der Waals surface area contributed by atoms with Crippen molar-refractivity contribution in [2.45, 2.75) is 0 Å². The zero-order valence-corrected chi connectivity index (χ0v) is 14.9. The van der Waals surface area contributed by atoms with Crippen LogP contribution < -0.4 is 0 Å². The van der Waals surface area contributed by atoms with E-state index in [1.165, 1.54) is 32.7 Å². The van der Waals surface area contributed by atoms with Gasteiger partial charge in [-0.15, -0.1) is 0 Å². The number of hydrogen-bond donors (Lipinski definition) is 0. The lowest BCUT2D eigenvalue weighted by molar-refractivity contribution is 1.65. The smallest absolute Gasteiger partial charge is 0.0253 e. The first-order valence-electron chi connectivity index (χ1n) is 7.10. The zero-order valence-electron chi connectivity index (χ0n) is 11.7. The molecule has 0 atom stereocenters. The normalized spacial score (nSPS) is 11.2. The quantitative estimate of drug-likeness (QED) is 0.311. The lowest BCUT2D eigenvalue weighted by atomic mass is 9.94. The van der Waals surface area contributed by atoms with Crippen molar-refractivity contribution in [3.05, 3.63) is 81.7 Å². The second-order valence-corrected chi connectivity index (χ2v) is 7.09. The molecule has 0 radical (unpaired) electrons. The third kappa shape index (κ3) is 2.27. The molecule has 0 aromatic heterocycles. The van der Waals surface area contributed by atoms with E-state index in [1.54, 1.807) is 0 Å². The van der Waals surface area contributed by atoms with Crippen LogP contribution in [0.15, 0.2) is 81.7 Å². The van der Waals surface area contributed by atoms with Gasteiger partial charge in [0.25, 0.3) is 0 Å². The van der Waals surface area contributed by atoms with Gasteiger partial charge in [0, 0.05) is 8.95 Å². The molecule has 0 aliphatic carbocycles. The van der Waals surface area contributed by atoms with E-state index < -0.39 is 0 Å². The molecule has 0 aliphatic heterocycles. The summed E-state index contributed by atoms with van der Waals surface area (Å²) in [6.07, 6.45) is 0. The number of fused-ring (bicyclic) bond motifs is 2. The predicted molar refractivity (Wildman–Crippen MR) is 102 cm³/mol. The first-order chi connectivity index (χ1) is 10.7. The van der Waals surface area contributed by atoms with E-state index in [0.29, 0.717) is 0 Å². The Hall–Kier alpha value is -1.64. The van der Waals surface area contributed by atoms with Crippen molar-refractivity contribution in [3.8, 4) is 11.1 Å². The van der Waals surface area contributed by atoms with Crippen molar-refractivity contribution in [3.63, 3.8) is 0 Å². The van der Waals surface area contributed by atoms with Crippen LogP contribution in [0.4, 0.5) is 0 Å². The molecular formula is C20H12Br2. The lowest BCUT2D eigenvalue weighted by Crippen LogP contribution is -1.85. The topological polar surface area (TPSA) is 0 Å². The second-order valence-electron chi connectivity index (χ2n) is 5.32. The molecular weight excluding hydrogens is 400 g/mol. The van der Waals surface area contributed by atoms with E-state index >= 15 is 0 Å². The Morgan fingerprint density at radius 3 is 2.18 bits per heavy atom. The number of halogens is 2. The minimum atomic E-state index is 1.10. The van der Waals surface area contributed by atoms with Crippen LogP contribution in [-0.2, 0) is 0 Å². The van der Waals surface area contributed by atoms with E-state index in [1.807, 2.05) is 0 Å². The largest absolute Gasteiger partial charge is 0.0616 e. The van der Waals surface area contributed by atoms with E-state index in [2.05, 4.69) is 105 Å². The fourth-order valence-corrected chi connectivity index (χ4v) is 3.98.